The minimum atomic E-state index is -0.897. The highest BCUT2D eigenvalue weighted by atomic mass is 16.3. The summed E-state index contributed by atoms with van der Waals surface area (Å²) in [4.78, 5) is 4.14. The Balaban J connectivity index is 2.66. The maximum atomic E-state index is 10.1. The molecule has 1 unspecified atom stereocenters. The quantitative estimate of drug-likeness (QED) is 0.759. The van der Waals surface area contributed by atoms with Crippen molar-refractivity contribution in [3.8, 4) is 0 Å². The van der Waals surface area contributed by atoms with Crippen LogP contribution >= 0.6 is 0 Å². The standard InChI is InChI=1S/C11H18N2O/c1-9(2)13-8-11(3,14)10-6-4-5-7-12-10/h4-7,9,13-14H,8H2,1-3H3. The van der Waals surface area contributed by atoms with E-state index in [9.17, 15) is 5.11 Å². The number of nitrogens with one attached hydrogen (secondary N) is 1. The van der Waals surface area contributed by atoms with E-state index in [1.54, 1.807) is 13.1 Å². The van der Waals surface area contributed by atoms with Crippen LogP contribution in [0.4, 0.5) is 0 Å². The van der Waals surface area contributed by atoms with Gasteiger partial charge in [-0.2, -0.15) is 0 Å². The predicted octanol–water partition coefficient (Wildman–Crippen LogP) is 1.29. The van der Waals surface area contributed by atoms with Gasteiger partial charge in [0.05, 0.1) is 5.69 Å². The summed E-state index contributed by atoms with van der Waals surface area (Å²) < 4.78 is 0. The molecule has 0 spiro atoms. The first-order chi connectivity index (χ1) is 6.52. The summed E-state index contributed by atoms with van der Waals surface area (Å²) >= 11 is 0. The summed E-state index contributed by atoms with van der Waals surface area (Å²) in [5.41, 5.74) is -0.195. The third kappa shape index (κ3) is 3.09. The van der Waals surface area contributed by atoms with Crippen LogP contribution in [0.25, 0.3) is 0 Å². The van der Waals surface area contributed by atoms with Gasteiger partial charge in [-0.25, -0.2) is 0 Å². The molecule has 0 saturated carbocycles. The number of aromatic nitrogens is 1. The highest BCUT2D eigenvalue weighted by Gasteiger charge is 2.23. The first-order valence-electron chi connectivity index (χ1n) is 4.89. The van der Waals surface area contributed by atoms with Crippen LogP contribution in [0, 0.1) is 0 Å². The summed E-state index contributed by atoms with van der Waals surface area (Å²) in [5, 5.41) is 13.3. The van der Waals surface area contributed by atoms with Crippen LogP contribution in [0.3, 0.4) is 0 Å². The second-order valence-electron chi connectivity index (χ2n) is 4.02. The van der Waals surface area contributed by atoms with Gasteiger partial charge in [-0.05, 0) is 19.1 Å². The van der Waals surface area contributed by atoms with Gasteiger partial charge in [0.1, 0.15) is 5.60 Å². The topological polar surface area (TPSA) is 45.1 Å². The summed E-state index contributed by atoms with van der Waals surface area (Å²) in [5.74, 6) is 0. The second kappa shape index (κ2) is 4.53. The molecule has 1 rings (SSSR count). The Morgan fingerprint density at radius 1 is 1.50 bits per heavy atom. The van der Waals surface area contributed by atoms with Gasteiger partial charge in [0.25, 0.3) is 0 Å². The smallest absolute Gasteiger partial charge is 0.116 e. The van der Waals surface area contributed by atoms with E-state index in [4.69, 9.17) is 0 Å². The lowest BCUT2D eigenvalue weighted by atomic mass is 10.0. The summed E-state index contributed by atoms with van der Waals surface area (Å²) in [6.45, 7) is 6.38. The number of hydrogen-bond acceptors (Lipinski definition) is 3. The number of pyridine rings is 1. The Labute approximate surface area is 85.2 Å². The fourth-order valence-electron chi connectivity index (χ4n) is 1.17. The van der Waals surface area contributed by atoms with Crippen LogP contribution in [0.15, 0.2) is 24.4 Å². The molecular weight excluding hydrogens is 176 g/mol. The average molecular weight is 194 g/mol. The van der Waals surface area contributed by atoms with Gasteiger partial charge in [-0.1, -0.05) is 19.9 Å². The first-order valence-corrected chi connectivity index (χ1v) is 4.89. The monoisotopic (exact) mass is 194 g/mol. The predicted molar refractivity (Wildman–Crippen MR) is 56.9 cm³/mol. The van der Waals surface area contributed by atoms with E-state index in [1.165, 1.54) is 0 Å². The lowest BCUT2D eigenvalue weighted by molar-refractivity contribution is 0.0505. The second-order valence-corrected chi connectivity index (χ2v) is 4.02. The molecule has 0 amide bonds. The molecule has 1 aromatic heterocycles. The van der Waals surface area contributed by atoms with Crippen molar-refractivity contribution >= 4 is 0 Å². The zero-order chi connectivity index (χ0) is 10.6. The van der Waals surface area contributed by atoms with Crippen molar-refractivity contribution < 1.29 is 5.11 Å². The maximum absolute atomic E-state index is 10.1. The van der Waals surface area contributed by atoms with Crippen LogP contribution in [-0.4, -0.2) is 22.7 Å². The Hall–Kier alpha value is -0.930. The van der Waals surface area contributed by atoms with Gasteiger partial charge in [0.2, 0.25) is 0 Å². The van der Waals surface area contributed by atoms with Gasteiger partial charge >= 0.3 is 0 Å². The molecule has 0 aromatic carbocycles. The van der Waals surface area contributed by atoms with Gasteiger partial charge < -0.3 is 10.4 Å². The van der Waals surface area contributed by atoms with Crippen molar-refractivity contribution in [1.29, 1.82) is 0 Å². The number of nitrogens with zero attached hydrogens (tertiary/aromatic N) is 1. The molecule has 0 radical (unpaired) electrons. The molecular formula is C11H18N2O. The van der Waals surface area contributed by atoms with Gasteiger partial charge in [-0.3, -0.25) is 4.98 Å². The normalized spacial score (nSPS) is 15.5. The number of hydrogen-bond donors (Lipinski definition) is 2. The fraction of sp³-hybridized carbons (Fsp3) is 0.545. The highest BCUT2D eigenvalue weighted by Crippen LogP contribution is 2.16. The van der Waals surface area contributed by atoms with E-state index in [2.05, 4.69) is 24.1 Å². The van der Waals surface area contributed by atoms with E-state index in [1.807, 2.05) is 18.2 Å². The average Bonchev–Trinajstić information content (AvgIpc) is 2.16. The Morgan fingerprint density at radius 3 is 2.71 bits per heavy atom. The van der Waals surface area contributed by atoms with Crippen LogP contribution < -0.4 is 5.32 Å². The molecule has 14 heavy (non-hydrogen) atoms. The number of rotatable bonds is 4. The highest BCUT2D eigenvalue weighted by molar-refractivity contribution is 5.12. The van der Waals surface area contributed by atoms with E-state index < -0.39 is 5.60 Å². The van der Waals surface area contributed by atoms with Crippen LogP contribution in [0.5, 0.6) is 0 Å². The molecule has 1 atom stereocenters. The largest absolute Gasteiger partial charge is 0.383 e. The van der Waals surface area contributed by atoms with Crippen molar-refractivity contribution in [1.82, 2.24) is 10.3 Å². The summed E-state index contributed by atoms with van der Waals surface area (Å²) in [6.07, 6.45) is 1.69. The molecule has 3 heteroatoms. The van der Waals surface area contributed by atoms with Crippen LogP contribution in [0.2, 0.25) is 0 Å². The van der Waals surface area contributed by atoms with Crippen molar-refractivity contribution in [3.05, 3.63) is 30.1 Å². The van der Waals surface area contributed by atoms with E-state index in [-0.39, 0.29) is 0 Å². The van der Waals surface area contributed by atoms with E-state index in [0.29, 0.717) is 18.3 Å². The van der Waals surface area contributed by atoms with Gasteiger partial charge in [0, 0.05) is 18.8 Å². The van der Waals surface area contributed by atoms with Crippen molar-refractivity contribution in [2.75, 3.05) is 6.54 Å². The maximum Gasteiger partial charge on any atom is 0.116 e. The zero-order valence-electron chi connectivity index (χ0n) is 8.99. The van der Waals surface area contributed by atoms with Crippen LogP contribution in [-0.2, 0) is 5.60 Å². The molecule has 0 aliphatic rings. The Morgan fingerprint density at radius 2 is 2.21 bits per heavy atom. The zero-order valence-corrected chi connectivity index (χ0v) is 8.99. The van der Waals surface area contributed by atoms with Crippen molar-refractivity contribution in [3.63, 3.8) is 0 Å². The molecule has 0 saturated heterocycles. The SMILES string of the molecule is CC(C)NCC(C)(O)c1ccccn1. The minimum Gasteiger partial charge on any atom is -0.383 e. The van der Waals surface area contributed by atoms with Crippen LogP contribution in [0.1, 0.15) is 26.5 Å². The summed E-state index contributed by atoms with van der Waals surface area (Å²) in [7, 11) is 0. The van der Waals surface area contributed by atoms with E-state index >= 15 is 0 Å². The molecule has 78 valence electrons. The molecule has 1 heterocycles. The number of aliphatic hydroxyl groups is 1. The van der Waals surface area contributed by atoms with Crippen molar-refractivity contribution in [2.24, 2.45) is 0 Å². The van der Waals surface area contributed by atoms with Crippen molar-refractivity contribution in [2.45, 2.75) is 32.4 Å². The lowest BCUT2D eigenvalue weighted by Crippen LogP contribution is -2.39. The lowest BCUT2D eigenvalue weighted by Gasteiger charge is -2.24. The first kappa shape index (κ1) is 11.1. The minimum absolute atomic E-state index is 0.366. The van der Waals surface area contributed by atoms with Gasteiger partial charge in [-0.15, -0.1) is 0 Å². The Bertz CT molecular complexity index is 270. The summed E-state index contributed by atoms with van der Waals surface area (Å²) in [6, 6.07) is 5.93. The molecule has 2 N–H and O–H groups in total. The molecule has 0 aliphatic carbocycles. The van der Waals surface area contributed by atoms with E-state index in [0.717, 1.165) is 0 Å². The molecule has 3 nitrogen and oxygen atoms in total. The third-order valence-corrected chi connectivity index (χ3v) is 2.07. The third-order valence-electron chi connectivity index (χ3n) is 2.07. The molecule has 0 bridgehead atoms. The van der Waals surface area contributed by atoms with Gasteiger partial charge in [0.15, 0.2) is 0 Å². The molecule has 0 aliphatic heterocycles. The fourth-order valence-corrected chi connectivity index (χ4v) is 1.17. The molecule has 1 aromatic rings. The Kier molecular flexibility index (Phi) is 3.61. The molecule has 0 fully saturated rings.